The summed E-state index contributed by atoms with van der Waals surface area (Å²) in [5, 5.41) is 18.3. The number of amides is 1. The number of hydrogen-bond acceptors (Lipinski definition) is 4. The largest absolute Gasteiger partial charge is 0.507 e. The van der Waals surface area contributed by atoms with Crippen molar-refractivity contribution in [3.63, 3.8) is 0 Å². The maximum absolute atomic E-state index is 12.0. The maximum Gasteiger partial charge on any atom is 0.259 e. The zero-order valence-electron chi connectivity index (χ0n) is 9.88. The summed E-state index contributed by atoms with van der Waals surface area (Å²) in [5.74, 6) is 2.03. The minimum Gasteiger partial charge on any atom is -0.507 e. The summed E-state index contributed by atoms with van der Waals surface area (Å²) in [6.07, 6.45) is 5.12. The van der Waals surface area contributed by atoms with Gasteiger partial charge in [-0.15, -0.1) is 6.42 Å². The van der Waals surface area contributed by atoms with Gasteiger partial charge in [-0.1, -0.05) is 5.92 Å². The van der Waals surface area contributed by atoms with Crippen molar-refractivity contribution in [2.24, 2.45) is 0 Å². The van der Waals surface area contributed by atoms with E-state index in [1.807, 2.05) is 6.07 Å². The Bertz CT molecular complexity index is 510. The van der Waals surface area contributed by atoms with E-state index < -0.39 is 5.91 Å². The molecule has 0 heterocycles. The molecule has 1 rings (SSSR count). The summed E-state index contributed by atoms with van der Waals surface area (Å²) in [4.78, 5) is 13.2. The fourth-order valence-electron chi connectivity index (χ4n) is 1.38. The Labute approximate surface area is 105 Å². The van der Waals surface area contributed by atoms with E-state index in [9.17, 15) is 9.90 Å². The van der Waals surface area contributed by atoms with Gasteiger partial charge in [0.25, 0.3) is 5.91 Å². The minimum absolute atomic E-state index is 0.0118. The fraction of sp³-hybridized carbons (Fsp3) is 0.231. The Morgan fingerprint density at radius 3 is 2.78 bits per heavy atom. The molecule has 1 N–H and O–H groups in total. The van der Waals surface area contributed by atoms with Gasteiger partial charge >= 0.3 is 0 Å². The molecular formula is C13H12N2O3. The van der Waals surface area contributed by atoms with Crippen LogP contribution in [-0.4, -0.2) is 36.1 Å². The van der Waals surface area contributed by atoms with E-state index in [1.165, 1.54) is 24.1 Å². The van der Waals surface area contributed by atoms with E-state index in [2.05, 4.69) is 5.92 Å². The predicted molar refractivity (Wildman–Crippen MR) is 65.0 cm³/mol. The van der Waals surface area contributed by atoms with Crippen LogP contribution in [0.3, 0.4) is 0 Å². The van der Waals surface area contributed by atoms with Gasteiger partial charge in [-0.05, 0) is 12.1 Å². The summed E-state index contributed by atoms with van der Waals surface area (Å²) in [6.45, 7) is -0.119. The highest BCUT2D eigenvalue weighted by molar-refractivity contribution is 5.97. The monoisotopic (exact) mass is 244 g/mol. The van der Waals surface area contributed by atoms with Gasteiger partial charge in [-0.3, -0.25) is 4.79 Å². The number of rotatable bonds is 4. The SMILES string of the molecule is C#CCN(CC#N)C(=O)c1ccc(OC)cc1O. The van der Waals surface area contributed by atoms with Gasteiger partial charge < -0.3 is 14.7 Å². The molecule has 18 heavy (non-hydrogen) atoms. The van der Waals surface area contributed by atoms with E-state index in [4.69, 9.17) is 16.4 Å². The second kappa shape index (κ2) is 6.17. The molecule has 0 radical (unpaired) electrons. The smallest absolute Gasteiger partial charge is 0.259 e. The van der Waals surface area contributed by atoms with E-state index in [-0.39, 0.29) is 24.4 Å². The van der Waals surface area contributed by atoms with Crippen LogP contribution in [0.5, 0.6) is 11.5 Å². The number of phenolic OH excluding ortho intramolecular Hbond substituents is 1. The van der Waals surface area contributed by atoms with Crippen molar-refractivity contribution in [1.82, 2.24) is 4.90 Å². The highest BCUT2D eigenvalue weighted by Gasteiger charge is 2.18. The predicted octanol–water partition coefficient (Wildman–Crippen LogP) is 1.000. The Kier molecular flexibility index (Phi) is 4.59. The molecule has 0 fully saturated rings. The van der Waals surface area contributed by atoms with Crippen molar-refractivity contribution in [3.05, 3.63) is 23.8 Å². The second-order valence-electron chi connectivity index (χ2n) is 3.41. The van der Waals surface area contributed by atoms with Crippen LogP contribution in [0.15, 0.2) is 18.2 Å². The molecular weight excluding hydrogens is 232 g/mol. The minimum atomic E-state index is -0.491. The van der Waals surface area contributed by atoms with Crippen molar-refractivity contribution in [1.29, 1.82) is 5.26 Å². The zero-order chi connectivity index (χ0) is 13.5. The van der Waals surface area contributed by atoms with Crippen LogP contribution in [0.25, 0.3) is 0 Å². The molecule has 0 aliphatic rings. The number of phenols is 1. The highest BCUT2D eigenvalue weighted by Crippen LogP contribution is 2.24. The number of ether oxygens (including phenoxy) is 1. The van der Waals surface area contributed by atoms with Crippen LogP contribution in [-0.2, 0) is 0 Å². The lowest BCUT2D eigenvalue weighted by molar-refractivity contribution is 0.0792. The molecule has 0 atom stereocenters. The Morgan fingerprint density at radius 2 is 2.28 bits per heavy atom. The molecule has 1 amide bonds. The molecule has 0 aliphatic carbocycles. The van der Waals surface area contributed by atoms with Crippen LogP contribution in [0, 0.1) is 23.7 Å². The molecule has 5 nitrogen and oxygen atoms in total. The summed E-state index contributed by atoms with van der Waals surface area (Å²) in [6, 6.07) is 6.15. The van der Waals surface area contributed by atoms with Crippen molar-refractivity contribution in [2.45, 2.75) is 0 Å². The van der Waals surface area contributed by atoms with Gasteiger partial charge in [-0.2, -0.15) is 5.26 Å². The number of nitriles is 1. The third-order valence-corrected chi connectivity index (χ3v) is 2.27. The Hall–Kier alpha value is -2.66. The van der Waals surface area contributed by atoms with Crippen molar-refractivity contribution in [3.8, 4) is 29.9 Å². The summed E-state index contributed by atoms with van der Waals surface area (Å²) < 4.78 is 4.92. The number of carbonyl (C=O) groups is 1. The van der Waals surface area contributed by atoms with Gasteiger partial charge in [0.2, 0.25) is 0 Å². The first-order chi connectivity index (χ1) is 8.63. The third kappa shape index (κ3) is 2.93. The summed E-state index contributed by atoms with van der Waals surface area (Å²) in [5.41, 5.74) is 0.0845. The first-order valence-corrected chi connectivity index (χ1v) is 5.10. The molecule has 0 saturated carbocycles. The van der Waals surface area contributed by atoms with E-state index >= 15 is 0 Å². The maximum atomic E-state index is 12.0. The van der Waals surface area contributed by atoms with Crippen LogP contribution in [0.4, 0.5) is 0 Å². The number of benzene rings is 1. The van der Waals surface area contributed by atoms with E-state index in [1.54, 1.807) is 6.07 Å². The molecule has 5 heteroatoms. The number of aromatic hydroxyl groups is 1. The molecule has 0 bridgehead atoms. The van der Waals surface area contributed by atoms with Gasteiger partial charge in [-0.25, -0.2) is 0 Å². The second-order valence-corrected chi connectivity index (χ2v) is 3.41. The molecule has 92 valence electrons. The van der Waals surface area contributed by atoms with Gasteiger partial charge in [0.1, 0.15) is 18.0 Å². The van der Waals surface area contributed by atoms with E-state index in [0.29, 0.717) is 5.75 Å². The van der Waals surface area contributed by atoms with Crippen LogP contribution < -0.4 is 4.74 Å². The van der Waals surface area contributed by atoms with Gasteiger partial charge in [0.15, 0.2) is 0 Å². The Morgan fingerprint density at radius 1 is 1.56 bits per heavy atom. The molecule has 1 aromatic carbocycles. The summed E-state index contributed by atoms with van der Waals surface area (Å²) in [7, 11) is 1.45. The fourth-order valence-corrected chi connectivity index (χ4v) is 1.38. The molecule has 0 unspecified atom stereocenters. The quantitative estimate of drug-likeness (QED) is 0.633. The third-order valence-electron chi connectivity index (χ3n) is 2.27. The average Bonchev–Trinajstić information content (AvgIpc) is 2.37. The molecule has 1 aromatic rings. The number of methoxy groups -OCH3 is 1. The van der Waals surface area contributed by atoms with Crippen LogP contribution in [0.1, 0.15) is 10.4 Å². The highest BCUT2D eigenvalue weighted by atomic mass is 16.5. The standard InChI is InChI=1S/C13H12N2O3/c1-3-7-15(8-6-14)13(17)11-5-4-10(18-2)9-12(11)16/h1,4-5,9,16H,7-8H2,2H3. The molecule has 0 aromatic heterocycles. The lowest BCUT2D eigenvalue weighted by Crippen LogP contribution is -2.31. The zero-order valence-corrected chi connectivity index (χ0v) is 9.88. The lowest BCUT2D eigenvalue weighted by atomic mass is 10.1. The van der Waals surface area contributed by atoms with Gasteiger partial charge in [0, 0.05) is 6.07 Å². The number of terminal acetylenes is 1. The lowest BCUT2D eigenvalue weighted by Gasteiger charge is -2.17. The molecule has 0 spiro atoms. The van der Waals surface area contributed by atoms with Crippen molar-refractivity contribution in [2.75, 3.05) is 20.2 Å². The van der Waals surface area contributed by atoms with Crippen LogP contribution in [0.2, 0.25) is 0 Å². The number of nitrogens with zero attached hydrogens (tertiary/aromatic N) is 2. The van der Waals surface area contributed by atoms with Crippen LogP contribution >= 0.6 is 0 Å². The number of carbonyl (C=O) groups excluding carboxylic acids is 1. The van der Waals surface area contributed by atoms with Crippen molar-refractivity contribution < 1.29 is 14.6 Å². The number of hydrogen-bond donors (Lipinski definition) is 1. The average molecular weight is 244 g/mol. The Balaban J connectivity index is 3.02. The van der Waals surface area contributed by atoms with Crippen molar-refractivity contribution >= 4 is 5.91 Å². The van der Waals surface area contributed by atoms with E-state index in [0.717, 1.165) is 0 Å². The first-order valence-electron chi connectivity index (χ1n) is 5.10. The summed E-state index contributed by atoms with van der Waals surface area (Å²) >= 11 is 0. The normalized spacial score (nSPS) is 9.06. The molecule has 0 saturated heterocycles. The topological polar surface area (TPSA) is 73.6 Å². The molecule has 0 aliphatic heterocycles. The first kappa shape index (κ1) is 13.4. The van der Waals surface area contributed by atoms with Gasteiger partial charge in [0.05, 0.1) is 25.3 Å².